The van der Waals surface area contributed by atoms with Crippen LogP contribution in [-0.4, -0.2) is 30.0 Å². The van der Waals surface area contributed by atoms with Crippen LogP contribution in [0.2, 0.25) is 0 Å². The lowest BCUT2D eigenvalue weighted by atomic mass is 10.1. The lowest BCUT2D eigenvalue weighted by Crippen LogP contribution is -2.29. The number of thiocarbonyl (C=S) groups is 1. The molecule has 7 nitrogen and oxygen atoms in total. The summed E-state index contributed by atoms with van der Waals surface area (Å²) in [5.74, 6) is 0.0253. The molecule has 0 spiro atoms. The van der Waals surface area contributed by atoms with E-state index in [1.165, 1.54) is 30.1 Å². The highest BCUT2D eigenvalue weighted by atomic mass is 32.2. The van der Waals surface area contributed by atoms with E-state index in [0.29, 0.717) is 10.8 Å². The monoisotopic (exact) mass is 441 g/mol. The third kappa shape index (κ3) is 6.78. The number of sulfonamides is 1. The molecule has 0 unspecified atom stereocenters. The van der Waals surface area contributed by atoms with E-state index in [9.17, 15) is 8.42 Å². The highest BCUT2D eigenvalue weighted by molar-refractivity contribution is 7.92. The summed E-state index contributed by atoms with van der Waals surface area (Å²) in [5, 5.41) is 6.73. The van der Waals surface area contributed by atoms with Crippen LogP contribution < -0.4 is 15.4 Å². The van der Waals surface area contributed by atoms with Gasteiger partial charge in [-0.05, 0) is 67.4 Å². The highest BCUT2D eigenvalue weighted by Gasteiger charge is 2.15. The molecule has 1 aromatic heterocycles. The van der Waals surface area contributed by atoms with Crippen LogP contribution in [0.1, 0.15) is 18.4 Å². The number of nitrogens with zero attached hydrogens (tertiary/aromatic N) is 2. The fourth-order valence-corrected chi connectivity index (χ4v) is 3.90. The molecule has 3 rings (SSSR count). The SMILES string of the molecule is O=S(=O)(Nc1ncccn1)c1ccc(NC(=S)NCCCCc2ccccc2)cc1. The predicted octanol–water partition coefficient (Wildman–Crippen LogP) is 3.59. The molecule has 3 aromatic rings. The summed E-state index contributed by atoms with van der Waals surface area (Å²) in [6.07, 6.45) is 6.05. The summed E-state index contributed by atoms with van der Waals surface area (Å²) in [6, 6.07) is 18.3. The zero-order valence-electron chi connectivity index (χ0n) is 16.3. The fraction of sp³-hybridized carbons (Fsp3) is 0.190. The maximum atomic E-state index is 12.4. The van der Waals surface area contributed by atoms with E-state index in [0.717, 1.165) is 25.8 Å². The smallest absolute Gasteiger partial charge is 0.264 e. The van der Waals surface area contributed by atoms with E-state index < -0.39 is 10.0 Å². The van der Waals surface area contributed by atoms with Crippen molar-refractivity contribution in [2.45, 2.75) is 24.2 Å². The van der Waals surface area contributed by atoms with Gasteiger partial charge < -0.3 is 10.6 Å². The van der Waals surface area contributed by atoms with Gasteiger partial charge in [0.05, 0.1) is 4.90 Å². The van der Waals surface area contributed by atoms with E-state index in [4.69, 9.17) is 12.2 Å². The van der Waals surface area contributed by atoms with Gasteiger partial charge in [-0.3, -0.25) is 0 Å². The Morgan fingerprint density at radius 1 is 0.900 bits per heavy atom. The van der Waals surface area contributed by atoms with Crippen molar-refractivity contribution in [3.05, 3.63) is 78.6 Å². The topological polar surface area (TPSA) is 96.0 Å². The number of rotatable bonds is 9. The first-order valence-electron chi connectivity index (χ1n) is 9.52. The zero-order chi connectivity index (χ0) is 21.2. The van der Waals surface area contributed by atoms with E-state index in [1.807, 2.05) is 6.07 Å². The van der Waals surface area contributed by atoms with Crippen LogP contribution in [0.25, 0.3) is 0 Å². The second kappa shape index (κ2) is 10.7. The maximum Gasteiger partial charge on any atom is 0.264 e. The van der Waals surface area contributed by atoms with Crippen molar-refractivity contribution < 1.29 is 8.42 Å². The Balaban J connectivity index is 1.42. The zero-order valence-corrected chi connectivity index (χ0v) is 17.9. The van der Waals surface area contributed by atoms with Gasteiger partial charge in [-0.2, -0.15) is 0 Å². The van der Waals surface area contributed by atoms with E-state index >= 15 is 0 Å². The Bertz CT molecular complexity index is 1040. The fourth-order valence-electron chi connectivity index (χ4n) is 2.72. The van der Waals surface area contributed by atoms with Gasteiger partial charge in [-0.25, -0.2) is 23.1 Å². The van der Waals surface area contributed by atoms with Gasteiger partial charge in [0.2, 0.25) is 5.95 Å². The van der Waals surface area contributed by atoms with Crippen LogP contribution in [-0.2, 0) is 16.4 Å². The third-order valence-corrected chi connectivity index (χ3v) is 5.82. The maximum absolute atomic E-state index is 12.4. The first-order chi connectivity index (χ1) is 14.5. The molecule has 3 N–H and O–H groups in total. The Labute approximate surface area is 182 Å². The lowest BCUT2D eigenvalue weighted by molar-refractivity contribution is 0.601. The van der Waals surface area contributed by atoms with Gasteiger partial charge in [0.25, 0.3) is 10.0 Å². The lowest BCUT2D eigenvalue weighted by Gasteiger charge is -2.11. The van der Waals surface area contributed by atoms with Crippen LogP contribution in [0.4, 0.5) is 11.6 Å². The normalized spacial score (nSPS) is 10.9. The van der Waals surface area contributed by atoms with Crippen molar-refractivity contribution in [2.24, 2.45) is 0 Å². The number of nitrogens with one attached hydrogen (secondary N) is 3. The minimum atomic E-state index is -3.75. The van der Waals surface area contributed by atoms with Crippen molar-refractivity contribution in [3.63, 3.8) is 0 Å². The molecular weight excluding hydrogens is 418 g/mol. The molecule has 0 amide bonds. The quantitative estimate of drug-likeness (QED) is 0.345. The Morgan fingerprint density at radius 2 is 1.60 bits per heavy atom. The molecule has 30 heavy (non-hydrogen) atoms. The summed E-state index contributed by atoms with van der Waals surface area (Å²) >= 11 is 5.30. The molecule has 156 valence electrons. The number of hydrogen-bond acceptors (Lipinski definition) is 5. The van der Waals surface area contributed by atoms with Gasteiger partial charge >= 0.3 is 0 Å². The van der Waals surface area contributed by atoms with Crippen LogP contribution >= 0.6 is 12.2 Å². The molecule has 0 radical (unpaired) electrons. The molecule has 1 heterocycles. The van der Waals surface area contributed by atoms with Crippen LogP contribution in [0.5, 0.6) is 0 Å². The number of aryl methyl sites for hydroxylation is 1. The second-order valence-corrected chi connectivity index (χ2v) is 8.62. The Morgan fingerprint density at radius 3 is 2.30 bits per heavy atom. The summed E-state index contributed by atoms with van der Waals surface area (Å²) in [5.41, 5.74) is 2.04. The van der Waals surface area contributed by atoms with Crippen LogP contribution in [0, 0.1) is 0 Å². The van der Waals surface area contributed by atoms with Gasteiger partial charge in [-0.1, -0.05) is 30.3 Å². The van der Waals surface area contributed by atoms with Crippen molar-refractivity contribution >= 4 is 39.0 Å². The molecule has 0 saturated carbocycles. The average molecular weight is 442 g/mol. The molecule has 0 aliphatic carbocycles. The van der Waals surface area contributed by atoms with Crippen molar-refractivity contribution in [1.29, 1.82) is 0 Å². The van der Waals surface area contributed by atoms with Gasteiger partial charge in [-0.15, -0.1) is 0 Å². The summed E-state index contributed by atoms with van der Waals surface area (Å²) in [6.45, 7) is 0.770. The van der Waals surface area contributed by atoms with Crippen molar-refractivity contribution in [2.75, 3.05) is 16.6 Å². The first-order valence-corrected chi connectivity index (χ1v) is 11.4. The summed E-state index contributed by atoms with van der Waals surface area (Å²) in [7, 11) is -3.75. The second-order valence-electron chi connectivity index (χ2n) is 6.53. The third-order valence-electron chi connectivity index (χ3n) is 4.23. The Hall–Kier alpha value is -3.04. The molecule has 0 fully saturated rings. The molecule has 0 bridgehead atoms. The van der Waals surface area contributed by atoms with Gasteiger partial charge in [0, 0.05) is 24.6 Å². The first kappa shape index (κ1) is 21.7. The molecule has 0 atom stereocenters. The molecular formula is C21H23N5O2S2. The number of benzene rings is 2. The highest BCUT2D eigenvalue weighted by Crippen LogP contribution is 2.16. The molecule has 0 saturated heterocycles. The van der Waals surface area contributed by atoms with Crippen LogP contribution in [0.15, 0.2) is 78.0 Å². The molecule has 9 heteroatoms. The summed E-state index contributed by atoms with van der Waals surface area (Å²) in [4.78, 5) is 7.84. The van der Waals surface area contributed by atoms with Crippen molar-refractivity contribution in [3.8, 4) is 0 Å². The standard InChI is InChI=1S/C21H23N5O2S2/c27-30(28,26-20-22-15-6-16-23-20)19-12-10-18(11-13-19)25-21(29)24-14-5-4-9-17-7-2-1-3-8-17/h1-3,6-8,10-13,15-16H,4-5,9,14H2,(H,22,23,26)(H2,24,25,29). The van der Waals surface area contributed by atoms with Crippen molar-refractivity contribution in [1.82, 2.24) is 15.3 Å². The number of unbranched alkanes of at least 4 members (excludes halogenated alkanes) is 1. The summed E-state index contributed by atoms with van der Waals surface area (Å²) < 4.78 is 27.1. The van der Waals surface area contributed by atoms with E-state index in [1.54, 1.807) is 18.2 Å². The van der Waals surface area contributed by atoms with E-state index in [-0.39, 0.29) is 10.8 Å². The average Bonchev–Trinajstić information content (AvgIpc) is 2.75. The molecule has 0 aliphatic heterocycles. The predicted molar refractivity (Wildman–Crippen MR) is 123 cm³/mol. The Kier molecular flexibility index (Phi) is 7.69. The number of hydrogen-bond donors (Lipinski definition) is 3. The van der Waals surface area contributed by atoms with Gasteiger partial charge in [0.15, 0.2) is 5.11 Å². The number of aromatic nitrogens is 2. The largest absolute Gasteiger partial charge is 0.362 e. The van der Waals surface area contributed by atoms with E-state index in [2.05, 4.69) is 49.6 Å². The van der Waals surface area contributed by atoms with Gasteiger partial charge in [0.1, 0.15) is 0 Å². The number of anilines is 2. The van der Waals surface area contributed by atoms with Crippen LogP contribution in [0.3, 0.4) is 0 Å². The minimum absolute atomic E-state index is 0.0253. The molecule has 0 aliphatic rings. The molecule has 2 aromatic carbocycles. The minimum Gasteiger partial charge on any atom is -0.362 e.